The first kappa shape index (κ1) is 17.4. The highest BCUT2D eigenvalue weighted by molar-refractivity contribution is 5.93. The van der Waals surface area contributed by atoms with Crippen LogP contribution in [0.4, 0.5) is 15.8 Å². The van der Waals surface area contributed by atoms with Crippen LogP contribution >= 0.6 is 0 Å². The maximum Gasteiger partial charge on any atom is 0.224 e. The number of hydrogen-bond acceptors (Lipinski definition) is 3. The zero-order valence-corrected chi connectivity index (χ0v) is 13.6. The quantitative estimate of drug-likeness (QED) is 0.781. The van der Waals surface area contributed by atoms with Gasteiger partial charge in [-0.1, -0.05) is 6.92 Å². The first-order valence-corrected chi connectivity index (χ1v) is 8.03. The fourth-order valence-electron chi connectivity index (χ4n) is 2.97. The van der Waals surface area contributed by atoms with Crippen molar-refractivity contribution in [3.63, 3.8) is 0 Å². The highest BCUT2D eigenvalue weighted by atomic mass is 19.1. The third-order valence-corrected chi connectivity index (χ3v) is 4.26. The smallest absolute Gasteiger partial charge is 0.224 e. The van der Waals surface area contributed by atoms with Crippen LogP contribution in [0.25, 0.3) is 0 Å². The largest absolute Gasteiger partial charge is 0.326 e. The second-order valence-electron chi connectivity index (χ2n) is 6.19. The van der Waals surface area contributed by atoms with Crippen LogP contribution < -0.4 is 16.0 Å². The van der Waals surface area contributed by atoms with Crippen LogP contribution in [-0.4, -0.2) is 24.9 Å². The Labute approximate surface area is 136 Å². The summed E-state index contributed by atoms with van der Waals surface area (Å²) in [4.78, 5) is 23.2. The number of piperidine rings is 1. The van der Waals surface area contributed by atoms with Crippen LogP contribution in [0.3, 0.4) is 0 Å². The van der Waals surface area contributed by atoms with E-state index in [0.717, 1.165) is 25.9 Å². The lowest BCUT2D eigenvalue weighted by Crippen LogP contribution is -2.32. The molecule has 1 atom stereocenters. The summed E-state index contributed by atoms with van der Waals surface area (Å²) in [7, 11) is 0. The average Bonchev–Trinajstić information content (AvgIpc) is 2.51. The molecule has 6 heteroatoms. The fourth-order valence-corrected chi connectivity index (χ4v) is 2.97. The maximum absolute atomic E-state index is 13.6. The van der Waals surface area contributed by atoms with Crippen LogP contribution in [0.2, 0.25) is 0 Å². The lowest BCUT2D eigenvalue weighted by molar-refractivity contribution is -0.117. The summed E-state index contributed by atoms with van der Waals surface area (Å²) >= 11 is 0. The van der Waals surface area contributed by atoms with Crippen LogP contribution in [-0.2, 0) is 9.59 Å². The van der Waals surface area contributed by atoms with E-state index in [1.807, 2.05) is 0 Å². The molecule has 23 heavy (non-hydrogen) atoms. The summed E-state index contributed by atoms with van der Waals surface area (Å²) < 4.78 is 13.6. The Morgan fingerprint density at radius 1 is 1.30 bits per heavy atom. The van der Waals surface area contributed by atoms with Gasteiger partial charge in [-0.25, -0.2) is 4.39 Å². The Bertz CT molecular complexity index is 571. The van der Waals surface area contributed by atoms with Crippen molar-refractivity contribution in [2.45, 2.75) is 33.1 Å². The number of carbonyl (C=O) groups excluding carboxylic acids is 2. The Morgan fingerprint density at radius 3 is 2.65 bits per heavy atom. The highest BCUT2D eigenvalue weighted by Gasteiger charge is 2.22. The first-order chi connectivity index (χ1) is 11.0. The van der Waals surface area contributed by atoms with E-state index in [2.05, 4.69) is 22.9 Å². The van der Waals surface area contributed by atoms with Gasteiger partial charge in [-0.2, -0.15) is 0 Å². The number of nitrogens with one attached hydrogen (secondary N) is 3. The van der Waals surface area contributed by atoms with E-state index < -0.39 is 5.82 Å². The number of hydrogen-bond donors (Lipinski definition) is 3. The van der Waals surface area contributed by atoms with E-state index in [9.17, 15) is 14.0 Å². The standard InChI is InChI=1S/C17H24FN3O2/c1-11(13-5-7-19-8-6-13)9-17(23)21-14-3-4-15(18)16(10-14)20-12(2)22/h3-4,10-11,13,19H,5-9H2,1-2H3,(H,20,22)(H,21,23). The van der Waals surface area contributed by atoms with Gasteiger partial charge in [0, 0.05) is 19.0 Å². The summed E-state index contributed by atoms with van der Waals surface area (Å²) in [5.74, 6) is -0.0953. The fraction of sp³-hybridized carbons (Fsp3) is 0.529. The second kappa shape index (κ2) is 8.06. The molecule has 0 aromatic heterocycles. The van der Waals surface area contributed by atoms with Crippen molar-refractivity contribution in [1.29, 1.82) is 0 Å². The second-order valence-corrected chi connectivity index (χ2v) is 6.19. The Hall–Kier alpha value is -1.95. The van der Waals surface area contributed by atoms with Crippen molar-refractivity contribution >= 4 is 23.2 Å². The highest BCUT2D eigenvalue weighted by Crippen LogP contribution is 2.25. The van der Waals surface area contributed by atoms with Crippen molar-refractivity contribution in [1.82, 2.24) is 5.32 Å². The zero-order valence-electron chi connectivity index (χ0n) is 13.6. The molecule has 5 nitrogen and oxygen atoms in total. The molecule has 126 valence electrons. The van der Waals surface area contributed by atoms with Crippen molar-refractivity contribution in [2.75, 3.05) is 23.7 Å². The molecule has 1 saturated heterocycles. The molecule has 1 unspecified atom stereocenters. The first-order valence-electron chi connectivity index (χ1n) is 8.03. The molecular formula is C17H24FN3O2. The Balaban J connectivity index is 1.92. The molecular weight excluding hydrogens is 297 g/mol. The molecule has 0 saturated carbocycles. The Kier molecular flexibility index (Phi) is 6.10. The number of benzene rings is 1. The summed E-state index contributed by atoms with van der Waals surface area (Å²) in [6.45, 7) is 5.43. The topological polar surface area (TPSA) is 70.2 Å². The number of amides is 2. The molecule has 1 aromatic carbocycles. The van der Waals surface area contributed by atoms with Gasteiger partial charge >= 0.3 is 0 Å². The van der Waals surface area contributed by atoms with Gasteiger partial charge < -0.3 is 16.0 Å². The van der Waals surface area contributed by atoms with Gasteiger partial charge in [0.1, 0.15) is 5.82 Å². The zero-order chi connectivity index (χ0) is 16.8. The van der Waals surface area contributed by atoms with Gasteiger partial charge in [-0.15, -0.1) is 0 Å². The van der Waals surface area contributed by atoms with Gasteiger partial charge in [-0.3, -0.25) is 9.59 Å². The lowest BCUT2D eigenvalue weighted by atomic mass is 9.84. The van der Waals surface area contributed by atoms with E-state index >= 15 is 0 Å². The molecule has 0 radical (unpaired) electrons. The third kappa shape index (κ3) is 5.32. The SMILES string of the molecule is CC(=O)Nc1cc(NC(=O)CC(C)C2CCNCC2)ccc1F. The normalized spacial score (nSPS) is 16.7. The van der Waals surface area contributed by atoms with Crippen molar-refractivity contribution in [3.8, 4) is 0 Å². The summed E-state index contributed by atoms with van der Waals surface area (Å²) in [5, 5.41) is 8.51. The Morgan fingerprint density at radius 2 is 2.00 bits per heavy atom. The molecule has 1 aliphatic heterocycles. The molecule has 3 N–H and O–H groups in total. The summed E-state index contributed by atoms with van der Waals surface area (Å²) in [5.41, 5.74) is 0.555. The number of carbonyl (C=O) groups is 2. The molecule has 0 spiro atoms. The predicted molar refractivity (Wildman–Crippen MR) is 88.7 cm³/mol. The van der Waals surface area contributed by atoms with Crippen molar-refractivity contribution in [2.24, 2.45) is 11.8 Å². The predicted octanol–water partition coefficient (Wildman–Crippen LogP) is 2.75. The number of anilines is 2. The third-order valence-electron chi connectivity index (χ3n) is 4.26. The summed E-state index contributed by atoms with van der Waals surface area (Å²) in [6, 6.07) is 4.16. The molecule has 2 amide bonds. The van der Waals surface area contributed by atoms with Gasteiger partial charge in [0.2, 0.25) is 11.8 Å². The van der Waals surface area contributed by atoms with Crippen molar-refractivity contribution in [3.05, 3.63) is 24.0 Å². The molecule has 1 heterocycles. The minimum Gasteiger partial charge on any atom is -0.326 e. The van der Waals surface area contributed by atoms with Crippen LogP contribution in [0.1, 0.15) is 33.1 Å². The van der Waals surface area contributed by atoms with Crippen molar-refractivity contribution < 1.29 is 14.0 Å². The molecule has 0 aliphatic carbocycles. The van der Waals surface area contributed by atoms with Gasteiger partial charge in [0.05, 0.1) is 5.69 Å². The van der Waals surface area contributed by atoms with E-state index in [0.29, 0.717) is 23.9 Å². The average molecular weight is 321 g/mol. The van der Waals surface area contributed by atoms with E-state index in [4.69, 9.17) is 0 Å². The van der Waals surface area contributed by atoms with Gasteiger partial charge in [0.15, 0.2) is 0 Å². The van der Waals surface area contributed by atoms with Gasteiger partial charge in [0.25, 0.3) is 0 Å². The molecule has 1 aliphatic rings. The molecule has 1 aromatic rings. The van der Waals surface area contributed by atoms with Crippen LogP contribution in [0.15, 0.2) is 18.2 Å². The minimum atomic E-state index is -0.527. The number of rotatable bonds is 5. The molecule has 0 bridgehead atoms. The van der Waals surface area contributed by atoms with Crippen LogP contribution in [0, 0.1) is 17.7 Å². The van der Waals surface area contributed by atoms with E-state index in [1.54, 1.807) is 0 Å². The maximum atomic E-state index is 13.6. The molecule has 2 rings (SSSR count). The van der Waals surface area contributed by atoms with Gasteiger partial charge in [-0.05, 0) is 56.0 Å². The summed E-state index contributed by atoms with van der Waals surface area (Å²) in [6.07, 6.45) is 2.63. The monoisotopic (exact) mass is 321 g/mol. The van der Waals surface area contributed by atoms with E-state index in [1.165, 1.54) is 25.1 Å². The van der Waals surface area contributed by atoms with E-state index in [-0.39, 0.29) is 17.5 Å². The number of halogens is 1. The van der Waals surface area contributed by atoms with Crippen LogP contribution in [0.5, 0.6) is 0 Å². The minimum absolute atomic E-state index is 0.0710. The molecule has 1 fully saturated rings. The lowest BCUT2D eigenvalue weighted by Gasteiger charge is -2.27.